The SMILES string of the molecule is CCn1c(CN)nnc1CCc1ccccc1C. The number of aromatic nitrogens is 3. The fourth-order valence-corrected chi connectivity index (χ4v) is 2.21. The fraction of sp³-hybridized carbons (Fsp3) is 0.429. The van der Waals surface area contributed by atoms with Crippen LogP contribution in [0.25, 0.3) is 0 Å². The van der Waals surface area contributed by atoms with Crippen LogP contribution in [0.2, 0.25) is 0 Å². The molecule has 0 aliphatic carbocycles. The lowest BCUT2D eigenvalue weighted by Gasteiger charge is -2.07. The van der Waals surface area contributed by atoms with Crippen molar-refractivity contribution in [1.82, 2.24) is 14.8 Å². The summed E-state index contributed by atoms with van der Waals surface area (Å²) in [5.74, 6) is 1.90. The summed E-state index contributed by atoms with van der Waals surface area (Å²) < 4.78 is 2.11. The van der Waals surface area contributed by atoms with E-state index in [1.807, 2.05) is 0 Å². The Bertz CT molecular complexity index is 516. The van der Waals surface area contributed by atoms with Gasteiger partial charge in [-0.2, -0.15) is 0 Å². The Balaban J connectivity index is 2.11. The summed E-state index contributed by atoms with van der Waals surface area (Å²) in [4.78, 5) is 0. The molecule has 2 aromatic rings. The molecule has 0 spiro atoms. The van der Waals surface area contributed by atoms with Crippen molar-refractivity contribution >= 4 is 0 Å². The van der Waals surface area contributed by atoms with Gasteiger partial charge in [0.15, 0.2) is 0 Å². The van der Waals surface area contributed by atoms with E-state index in [0.29, 0.717) is 6.54 Å². The van der Waals surface area contributed by atoms with E-state index in [1.165, 1.54) is 11.1 Å². The lowest BCUT2D eigenvalue weighted by atomic mass is 10.0. The van der Waals surface area contributed by atoms with Crippen molar-refractivity contribution in [3.63, 3.8) is 0 Å². The van der Waals surface area contributed by atoms with Gasteiger partial charge in [0.25, 0.3) is 0 Å². The van der Waals surface area contributed by atoms with Gasteiger partial charge < -0.3 is 10.3 Å². The molecule has 0 saturated heterocycles. The minimum absolute atomic E-state index is 0.450. The van der Waals surface area contributed by atoms with Gasteiger partial charge in [-0.3, -0.25) is 0 Å². The second-order valence-electron chi connectivity index (χ2n) is 4.41. The van der Waals surface area contributed by atoms with E-state index in [0.717, 1.165) is 31.0 Å². The topological polar surface area (TPSA) is 56.7 Å². The van der Waals surface area contributed by atoms with Crippen molar-refractivity contribution in [2.24, 2.45) is 5.73 Å². The quantitative estimate of drug-likeness (QED) is 0.873. The molecule has 0 fully saturated rings. The van der Waals surface area contributed by atoms with E-state index in [4.69, 9.17) is 5.73 Å². The number of nitrogens with zero attached hydrogens (tertiary/aromatic N) is 3. The van der Waals surface area contributed by atoms with E-state index < -0.39 is 0 Å². The molecule has 0 radical (unpaired) electrons. The molecule has 0 amide bonds. The molecule has 0 atom stereocenters. The third kappa shape index (κ3) is 2.59. The van der Waals surface area contributed by atoms with Gasteiger partial charge in [0.05, 0.1) is 6.54 Å². The number of nitrogens with two attached hydrogens (primary N) is 1. The smallest absolute Gasteiger partial charge is 0.146 e. The number of benzene rings is 1. The molecule has 1 aromatic carbocycles. The van der Waals surface area contributed by atoms with Crippen LogP contribution in [0.5, 0.6) is 0 Å². The first-order valence-electron chi connectivity index (χ1n) is 6.41. The maximum Gasteiger partial charge on any atom is 0.146 e. The molecule has 0 saturated carbocycles. The third-order valence-electron chi connectivity index (χ3n) is 3.28. The molecule has 18 heavy (non-hydrogen) atoms. The summed E-state index contributed by atoms with van der Waals surface area (Å²) in [5, 5.41) is 8.36. The predicted octanol–water partition coefficient (Wildman–Crippen LogP) is 1.85. The van der Waals surface area contributed by atoms with E-state index in [-0.39, 0.29) is 0 Å². The monoisotopic (exact) mass is 244 g/mol. The van der Waals surface area contributed by atoms with Crippen LogP contribution in [-0.2, 0) is 25.9 Å². The highest BCUT2D eigenvalue weighted by Crippen LogP contribution is 2.11. The summed E-state index contributed by atoms with van der Waals surface area (Å²) in [5.41, 5.74) is 8.35. The van der Waals surface area contributed by atoms with Crippen molar-refractivity contribution in [2.75, 3.05) is 0 Å². The Kier molecular flexibility index (Phi) is 4.10. The highest BCUT2D eigenvalue weighted by molar-refractivity contribution is 5.26. The molecular formula is C14H20N4. The van der Waals surface area contributed by atoms with Crippen molar-refractivity contribution in [1.29, 1.82) is 0 Å². The van der Waals surface area contributed by atoms with Crippen molar-refractivity contribution in [3.8, 4) is 0 Å². The fourth-order valence-electron chi connectivity index (χ4n) is 2.21. The molecule has 0 aliphatic heterocycles. The van der Waals surface area contributed by atoms with Crippen LogP contribution < -0.4 is 5.73 Å². The van der Waals surface area contributed by atoms with Crippen molar-refractivity contribution in [3.05, 3.63) is 47.0 Å². The van der Waals surface area contributed by atoms with E-state index in [9.17, 15) is 0 Å². The Labute approximate surface area is 108 Å². The van der Waals surface area contributed by atoms with Gasteiger partial charge in [-0.25, -0.2) is 0 Å². The number of rotatable bonds is 5. The van der Waals surface area contributed by atoms with E-state index >= 15 is 0 Å². The Morgan fingerprint density at radius 1 is 1.11 bits per heavy atom. The molecule has 96 valence electrons. The zero-order chi connectivity index (χ0) is 13.0. The highest BCUT2D eigenvalue weighted by atomic mass is 15.3. The van der Waals surface area contributed by atoms with Crippen LogP contribution in [0.3, 0.4) is 0 Å². The first-order chi connectivity index (χ1) is 8.76. The van der Waals surface area contributed by atoms with Crippen LogP contribution in [0.15, 0.2) is 24.3 Å². The van der Waals surface area contributed by atoms with E-state index in [2.05, 4.69) is 52.9 Å². The van der Waals surface area contributed by atoms with Gasteiger partial charge in [0.2, 0.25) is 0 Å². The molecule has 4 heteroatoms. The van der Waals surface area contributed by atoms with Crippen LogP contribution in [0, 0.1) is 6.92 Å². The maximum atomic E-state index is 5.65. The first kappa shape index (κ1) is 12.8. The van der Waals surface area contributed by atoms with Gasteiger partial charge in [-0.1, -0.05) is 24.3 Å². The van der Waals surface area contributed by atoms with Crippen molar-refractivity contribution < 1.29 is 0 Å². The zero-order valence-corrected chi connectivity index (χ0v) is 11.1. The summed E-state index contributed by atoms with van der Waals surface area (Å²) in [6.07, 6.45) is 1.90. The molecule has 0 unspecified atom stereocenters. The molecule has 1 heterocycles. The largest absolute Gasteiger partial charge is 0.324 e. The number of hydrogen-bond donors (Lipinski definition) is 1. The highest BCUT2D eigenvalue weighted by Gasteiger charge is 2.09. The molecule has 0 bridgehead atoms. The second kappa shape index (κ2) is 5.78. The lowest BCUT2D eigenvalue weighted by Crippen LogP contribution is -2.10. The minimum Gasteiger partial charge on any atom is -0.324 e. The zero-order valence-electron chi connectivity index (χ0n) is 11.1. The molecule has 2 N–H and O–H groups in total. The van der Waals surface area contributed by atoms with Crippen LogP contribution in [0.4, 0.5) is 0 Å². The Morgan fingerprint density at radius 3 is 2.50 bits per heavy atom. The average Bonchev–Trinajstić information content (AvgIpc) is 2.79. The third-order valence-corrected chi connectivity index (χ3v) is 3.28. The predicted molar refractivity (Wildman–Crippen MR) is 72.2 cm³/mol. The molecule has 2 rings (SSSR count). The standard InChI is InChI=1S/C14H20N4/c1-3-18-13(16-17-14(18)10-15)9-8-12-7-5-4-6-11(12)2/h4-7H,3,8-10,15H2,1-2H3. The van der Waals surface area contributed by atoms with Crippen LogP contribution in [-0.4, -0.2) is 14.8 Å². The van der Waals surface area contributed by atoms with Crippen molar-refractivity contribution in [2.45, 2.75) is 39.8 Å². The van der Waals surface area contributed by atoms with Gasteiger partial charge in [0.1, 0.15) is 11.6 Å². The van der Waals surface area contributed by atoms with Gasteiger partial charge in [-0.05, 0) is 31.4 Å². The Hall–Kier alpha value is -1.68. The summed E-state index contributed by atoms with van der Waals surface area (Å²) >= 11 is 0. The molecule has 0 aliphatic rings. The first-order valence-corrected chi connectivity index (χ1v) is 6.41. The average molecular weight is 244 g/mol. The number of aryl methyl sites for hydroxylation is 3. The van der Waals surface area contributed by atoms with Crippen LogP contribution >= 0.6 is 0 Å². The summed E-state index contributed by atoms with van der Waals surface area (Å²) in [6.45, 7) is 5.57. The second-order valence-corrected chi connectivity index (χ2v) is 4.41. The minimum atomic E-state index is 0.450. The molecular weight excluding hydrogens is 224 g/mol. The Morgan fingerprint density at radius 2 is 1.83 bits per heavy atom. The molecule has 1 aromatic heterocycles. The van der Waals surface area contributed by atoms with Gasteiger partial charge in [-0.15, -0.1) is 10.2 Å². The summed E-state index contributed by atoms with van der Waals surface area (Å²) in [6, 6.07) is 8.47. The van der Waals surface area contributed by atoms with Gasteiger partial charge >= 0.3 is 0 Å². The number of hydrogen-bond acceptors (Lipinski definition) is 3. The summed E-state index contributed by atoms with van der Waals surface area (Å²) in [7, 11) is 0. The maximum absolute atomic E-state index is 5.65. The lowest BCUT2D eigenvalue weighted by molar-refractivity contribution is 0.653. The normalized spacial score (nSPS) is 10.8. The van der Waals surface area contributed by atoms with Gasteiger partial charge in [0, 0.05) is 13.0 Å². The van der Waals surface area contributed by atoms with Crippen LogP contribution in [0.1, 0.15) is 29.7 Å². The molecule has 4 nitrogen and oxygen atoms in total. The van der Waals surface area contributed by atoms with E-state index in [1.54, 1.807) is 0 Å².